The van der Waals surface area contributed by atoms with E-state index in [2.05, 4.69) is 35.3 Å². The van der Waals surface area contributed by atoms with E-state index in [0.29, 0.717) is 0 Å². The van der Waals surface area contributed by atoms with E-state index in [9.17, 15) is 0 Å². The number of aryl methyl sites for hydroxylation is 1. The third-order valence-corrected chi connectivity index (χ3v) is 1.97. The second-order valence-electron chi connectivity index (χ2n) is 2.90. The maximum absolute atomic E-state index is 3.96. The summed E-state index contributed by atoms with van der Waals surface area (Å²) < 4.78 is 0. The minimum absolute atomic E-state index is 0.948. The summed E-state index contributed by atoms with van der Waals surface area (Å²) in [5, 5.41) is 8.07. The van der Waals surface area contributed by atoms with Crippen LogP contribution in [0.5, 0.6) is 0 Å². The minimum Gasteiger partial charge on any atom is -0.278 e. The predicted molar refractivity (Wildman–Crippen MR) is 49.8 cm³/mol. The van der Waals surface area contributed by atoms with E-state index in [1.165, 1.54) is 10.9 Å². The van der Waals surface area contributed by atoms with Crippen molar-refractivity contribution in [2.24, 2.45) is 0 Å². The molecule has 0 fully saturated rings. The average Bonchev–Trinajstić information content (AvgIpc) is 2.51. The van der Waals surface area contributed by atoms with Crippen molar-refractivity contribution in [1.29, 1.82) is 0 Å². The monoisotopic (exact) mass is 159 g/mol. The number of aromatic amines is 1. The quantitative estimate of drug-likeness (QED) is 0.715. The summed E-state index contributed by atoms with van der Waals surface area (Å²) in [7, 11) is 0. The van der Waals surface area contributed by atoms with E-state index < -0.39 is 0 Å². The zero-order valence-electron chi connectivity index (χ0n) is 6.88. The molecule has 0 saturated heterocycles. The highest BCUT2D eigenvalue weighted by Gasteiger charge is 1.96. The smallest absolute Gasteiger partial charge is 0.0650 e. The molecule has 0 aliphatic carbocycles. The fourth-order valence-corrected chi connectivity index (χ4v) is 1.35. The number of nitrogens with one attached hydrogen (secondary N) is 1. The first kappa shape index (κ1) is 7.35. The number of benzene rings is 1. The summed E-state index contributed by atoms with van der Waals surface area (Å²) in [6.45, 7) is 3.83. The molecule has 2 aromatic rings. The molecule has 0 unspecified atom stereocenters. The van der Waals surface area contributed by atoms with Crippen LogP contribution in [-0.2, 0) is 6.42 Å². The van der Waals surface area contributed by atoms with Crippen LogP contribution in [-0.4, -0.2) is 10.2 Å². The molecule has 1 aromatic heterocycles. The molecular formula is C10H11N2. The summed E-state index contributed by atoms with van der Waals surface area (Å²) in [5.74, 6) is 0. The minimum atomic E-state index is 0.948. The van der Waals surface area contributed by atoms with Gasteiger partial charge in [0.05, 0.1) is 11.7 Å². The van der Waals surface area contributed by atoms with E-state index in [4.69, 9.17) is 0 Å². The molecule has 2 rings (SSSR count). The molecular weight excluding hydrogens is 148 g/mol. The first-order chi connectivity index (χ1) is 5.90. The van der Waals surface area contributed by atoms with E-state index in [1.54, 1.807) is 0 Å². The van der Waals surface area contributed by atoms with Gasteiger partial charge in [0.25, 0.3) is 0 Å². The van der Waals surface area contributed by atoms with Crippen LogP contribution >= 0.6 is 0 Å². The molecule has 1 N–H and O–H groups in total. The van der Waals surface area contributed by atoms with Crippen molar-refractivity contribution in [3.8, 4) is 0 Å². The van der Waals surface area contributed by atoms with Crippen LogP contribution in [0.2, 0.25) is 0 Å². The molecule has 2 nitrogen and oxygen atoms in total. The van der Waals surface area contributed by atoms with E-state index in [0.717, 1.165) is 18.4 Å². The molecule has 2 heteroatoms. The van der Waals surface area contributed by atoms with Gasteiger partial charge in [0.15, 0.2) is 0 Å². The Balaban J connectivity index is 2.46. The number of rotatable bonds is 2. The lowest BCUT2D eigenvalue weighted by molar-refractivity contribution is 1.00. The first-order valence-corrected chi connectivity index (χ1v) is 4.11. The highest BCUT2D eigenvalue weighted by molar-refractivity contribution is 5.78. The summed E-state index contributed by atoms with van der Waals surface area (Å²) in [4.78, 5) is 0. The standard InChI is InChI=1S/C10H11N2/c1-2-3-8-4-5-10-9(6-8)7-11-12-10/h4-7H,1-3H2,(H,11,12). The van der Waals surface area contributed by atoms with Crippen molar-refractivity contribution in [3.05, 3.63) is 36.9 Å². The summed E-state index contributed by atoms with van der Waals surface area (Å²) in [6, 6.07) is 6.34. The van der Waals surface area contributed by atoms with Crippen LogP contribution in [0, 0.1) is 6.92 Å². The number of aromatic nitrogens is 2. The van der Waals surface area contributed by atoms with Gasteiger partial charge in [-0.05, 0) is 30.5 Å². The summed E-state index contributed by atoms with van der Waals surface area (Å²) in [6.07, 6.45) is 3.84. The predicted octanol–water partition coefficient (Wildman–Crippen LogP) is 2.33. The summed E-state index contributed by atoms with van der Waals surface area (Å²) in [5.41, 5.74) is 2.43. The van der Waals surface area contributed by atoms with Gasteiger partial charge in [0, 0.05) is 5.39 Å². The molecule has 0 bridgehead atoms. The Kier molecular flexibility index (Phi) is 1.82. The fourth-order valence-electron chi connectivity index (χ4n) is 1.35. The topological polar surface area (TPSA) is 28.7 Å². The van der Waals surface area contributed by atoms with Gasteiger partial charge in [0.2, 0.25) is 0 Å². The molecule has 1 aromatic carbocycles. The zero-order chi connectivity index (χ0) is 8.39. The molecule has 0 spiro atoms. The van der Waals surface area contributed by atoms with Crippen LogP contribution in [0.15, 0.2) is 24.4 Å². The second kappa shape index (κ2) is 2.97. The van der Waals surface area contributed by atoms with Crippen molar-refractivity contribution in [2.45, 2.75) is 12.8 Å². The average molecular weight is 159 g/mol. The van der Waals surface area contributed by atoms with Crippen molar-refractivity contribution in [1.82, 2.24) is 10.2 Å². The number of nitrogens with zero attached hydrogens (tertiary/aromatic N) is 1. The fraction of sp³-hybridized carbons (Fsp3) is 0.200. The van der Waals surface area contributed by atoms with E-state index in [-0.39, 0.29) is 0 Å². The van der Waals surface area contributed by atoms with Gasteiger partial charge in [0.1, 0.15) is 0 Å². The van der Waals surface area contributed by atoms with Gasteiger partial charge in [-0.2, -0.15) is 5.10 Å². The van der Waals surface area contributed by atoms with Gasteiger partial charge in [-0.3, -0.25) is 5.10 Å². The van der Waals surface area contributed by atoms with E-state index >= 15 is 0 Å². The Morgan fingerprint density at radius 2 is 2.33 bits per heavy atom. The Morgan fingerprint density at radius 1 is 1.42 bits per heavy atom. The third-order valence-electron chi connectivity index (χ3n) is 1.97. The lowest BCUT2D eigenvalue weighted by Gasteiger charge is -1.96. The van der Waals surface area contributed by atoms with Gasteiger partial charge in [-0.1, -0.05) is 13.0 Å². The third kappa shape index (κ3) is 1.20. The second-order valence-corrected chi connectivity index (χ2v) is 2.90. The number of hydrogen-bond donors (Lipinski definition) is 1. The molecule has 0 amide bonds. The Morgan fingerprint density at radius 3 is 3.17 bits per heavy atom. The molecule has 1 heterocycles. The highest BCUT2D eigenvalue weighted by atomic mass is 15.1. The van der Waals surface area contributed by atoms with E-state index in [1.807, 2.05) is 6.20 Å². The number of H-pyrrole nitrogens is 1. The van der Waals surface area contributed by atoms with Gasteiger partial charge in [-0.15, -0.1) is 0 Å². The maximum atomic E-state index is 3.96. The molecule has 0 atom stereocenters. The lowest BCUT2D eigenvalue weighted by Crippen LogP contribution is -1.81. The maximum Gasteiger partial charge on any atom is 0.0650 e. The van der Waals surface area contributed by atoms with Crippen molar-refractivity contribution in [2.75, 3.05) is 0 Å². The number of hydrogen-bond acceptors (Lipinski definition) is 1. The van der Waals surface area contributed by atoms with Crippen molar-refractivity contribution < 1.29 is 0 Å². The molecule has 0 saturated carbocycles. The largest absolute Gasteiger partial charge is 0.278 e. The van der Waals surface area contributed by atoms with Crippen LogP contribution in [0.3, 0.4) is 0 Å². The zero-order valence-corrected chi connectivity index (χ0v) is 6.88. The highest BCUT2D eigenvalue weighted by Crippen LogP contribution is 2.13. The molecule has 0 aliphatic heterocycles. The van der Waals surface area contributed by atoms with Crippen LogP contribution in [0.1, 0.15) is 12.0 Å². The normalized spacial score (nSPS) is 10.8. The molecule has 0 aliphatic rings. The van der Waals surface area contributed by atoms with Crippen LogP contribution < -0.4 is 0 Å². The Labute approximate surface area is 71.6 Å². The first-order valence-electron chi connectivity index (χ1n) is 4.11. The van der Waals surface area contributed by atoms with Crippen molar-refractivity contribution >= 4 is 10.9 Å². The van der Waals surface area contributed by atoms with Gasteiger partial charge in [-0.25, -0.2) is 0 Å². The van der Waals surface area contributed by atoms with Crippen molar-refractivity contribution in [3.63, 3.8) is 0 Å². The van der Waals surface area contributed by atoms with Gasteiger partial charge >= 0.3 is 0 Å². The molecule has 61 valence electrons. The van der Waals surface area contributed by atoms with Crippen LogP contribution in [0.25, 0.3) is 10.9 Å². The van der Waals surface area contributed by atoms with Crippen LogP contribution in [0.4, 0.5) is 0 Å². The Bertz CT molecular complexity index is 376. The lowest BCUT2D eigenvalue weighted by atomic mass is 10.1. The number of fused-ring (bicyclic) bond motifs is 1. The molecule has 1 radical (unpaired) electrons. The van der Waals surface area contributed by atoms with Gasteiger partial charge < -0.3 is 0 Å². The molecule has 12 heavy (non-hydrogen) atoms. The summed E-state index contributed by atoms with van der Waals surface area (Å²) >= 11 is 0. The Hall–Kier alpha value is -1.31. The SMILES string of the molecule is [CH2]CCc1ccc2[nH]ncc2c1.